The average Bonchev–Trinajstić information content (AvgIpc) is 3.81. The van der Waals surface area contributed by atoms with Gasteiger partial charge in [0.15, 0.2) is 11.9 Å². The largest absolute Gasteiger partial charge is 0.370 e. The van der Waals surface area contributed by atoms with E-state index in [2.05, 4.69) is 62.5 Å². The van der Waals surface area contributed by atoms with Gasteiger partial charge >= 0.3 is 0 Å². The maximum absolute atomic E-state index is 14.8. The molecule has 7 atom stereocenters. The van der Waals surface area contributed by atoms with Gasteiger partial charge in [-0.05, 0) is 74.1 Å². The van der Waals surface area contributed by atoms with Crippen LogP contribution in [0.3, 0.4) is 0 Å². The summed E-state index contributed by atoms with van der Waals surface area (Å²) >= 11 is 0. The number of aromatic amines is 1. The summed E-state index contributed by atoms with van der Waals surface area (Å²) in [5.74, 6) is -9.07. The molecule has 0 radical (unpaired) electrons. The van der Waals surface area contributed by atoms with E-state index in [9.17, 15) is 47.9 Å². The van der Waals surface area contributed by atoms with Crippen LogP contribution >= 0.6 is 0 Å². The second kappa shape index (κ2) is 31.8. The first-order valence-electron chi connectivity index (χ1n) is 25.7. The zero-order valence-corrected chi connectivity index (χ0v) is 44.3. The first kappa shape index (κ1) is 62.4. The average molecular weight is 1100 g/mol. The monoisotopic (exact) mass is 1100 g/mol. The van der Waals surface area contributed by atoms with Crippen LogP contribution in [0, 0.1) is 0 Å². The SMILES string of the molecule is CN=Cc1ccc(CC2NC(=O)C(CCC(N)=O)NC(=O)C(NC(=O)C(CCCN=C(N)N)NC(C)=O)CC(=O)NCCCCC(C(N)=O)NC(=O)C(Cc3c[nH]c4ccccc34)NC(=O)C(CCCN=C(N)N)NC2=O)cc1. The standard InChI is InChI=1S/C51H74N18O10/c1-28(70)63-35(12-7-21-60-50(54)55)44(74)69-40-25-42(72)59-20-6-5-11-34(43(53)73)64-48(78)39(24-31-27-62-33-10-4-3-9-32(31)33)68-45(75)36(13-8-22-61-51(56)57)65-47(77)38(23-29-14-16-30(17-15-29)26-58-2)67-46(76)37(66-49(40)79)18-19-41(52)71/h3-4,9-10,14-17,26-27,34-40,62H,5-8,11-13,18-25H2,1-2H3,(H2,52,71)(H2,53,73)(H,59,72)(H,63,70)(H,64,78)(H,65,77)(H,66,79)(H,67,76)(H,68,75)(H,69,74)(H4,54,55,60)(H4,56,57,61). The van der Waals surface area contributed by atoms with Crippen LogP contribution in [-0.2, 0) is 60.8 Å². The van der Waals surface area contributed by atoms with E-state index in [1.165, 1.54) is 6.92 Å². The molecule has 1 aliphatic heterocycles. The third kappa shape index (κ3) is 21.8. The summed E-state index contributed by atoms with van der Waals surface area (Å²) in [5.41, 5.74) is 35.9. The van der Waals surface area contributed by atoms with E-state index in [0.717, 1.165) is 10.9 Å². The number of nitrogens with one attached hydrogen (secondary N) is 9. The maximum Gasteiger partial charge on any atom is 0.243 e. The third-order valence-corrected chi connectivity index (χ3v) is 12.5. The summed E-state index contributed by atoms with van der Waals surface area (Å²) in [5, 5.41) is 21.7. The Morgan fingerprint density at radius 3 is 1.94 bits per heavy atom. The highest BCUT2D eigenvalue weighted by molar-refractivity contribution is 5.99. The van der Waals surface area contributed by atoms with Gasteiger partial charge < -0.3 is 81.9 Å². The first-order valence-corrected chi connectivity index (χ1v) is 25.7. The number of aliphatic imine (C=N–C) groups is 3. The highest BCUT2D eigenvalue weighted by Gasteiger charge is 2.35. The normalized spacial score (nSPS) is 20.7. The number of nitrogens with two attached hydrogens (primary N) is 6. The van der Waals surface area contributed by atoms with Gasteiger partial charge in [-0.3, -0.25) is 62.9 Å². The van der Waals surface area contributed by atoms with Crippen molar-refractivity contribution in [1.82, 2.24) is 47.5 Å². The molecule has 1 fully saturated rings. The van der Waals surface area contributed by atoms with Crippen LogP contribution in [0.15, 0.2) is 69.7 Å². The van der Waals surface area contributed by atoms with Crippen molar-refractivity contribution < 1.29 is 47.9 Å². The fourth-order valence-corrected chi connectivity index (χ4v) is 8.50. The molecule has 10 amide bonds. The van der Waals surface area contributed by atoms with Gasteiger partial charge in [0, 0.05) is 76.2 Å². The lowest BCUT2D eigenvalue weighted by Gasteiger charge is -2.28. The molecular formula is C51H74N18O10. The second-order valence-electron chi connectivity index (χ2n) is 18.9. The van der Waals surface area contributed by atoms with Crippen molar-refractivity contribution in [2.45, 2.75) is 126 Å². The Morgan fingerprint density at radius 1 is 0.709 bits per heavy atom. The number of carbonyl (C=O) groups excluding carboxylic acids is 10. The Morgan fingerprint density at radius 2 is 1.30 bits per heavy atom. The van der Waals surface area contributed by atoms with Crippen molar-refractivity contribution in [2.75, 3.05) is 26.7 Å². The molecule has 7 unspecified atom stereocenters. The molecule has 0 saturated carbocycles. The molecule has 21 N–H and O–H groups in total. The lowest BCUT2D eigenvalue weighted by molar-refractivity contribution is -0.136. The van der Waals surface area contributed by atoms with Crippen molar-refractivity contribution >= 4 is 88.1 Å². The van der Waals surface area contributed by atoms with Crippen molar-refractivity contribution in [3.8, 4) is 0 Å². The van der Waals surface area contributed by atoms with Crippen molar-refractivity contribution in [2.24, 2.45) is 49.4 Å². The molecule has 28 nitrogen and oxygen atoms in total. The van der Waals surface area contributed by atoms with Crippen LogP contribution < -0.4 is 76.9 Å². The van der Waals surface area contributed by atoms with Gasteiger partial charge in [-0.15, -0.1) is 0 Å². The van der Waals surface area contributed by atoms with Gasteiger partial charge in [0.25, 0.3) is 0 Å². The number of carbonyl (C=O) groups is 10. The molecule has 2 aromatic carbocycles. The van der Waals surface area contributed by atoms with Crippen molar-refractivity contribution in [3.63, 3.8) is 0 Å². The molecule has 2 heterocycles. The minimum absolute atomic E-state index is 0.00694. The number of primary amides is 2. The number of hydrogen-bond donors (Lipinski definition) is 15. The number of hydrogen-bond acceptors (Lipinski definition) is 13. The zero-order valence-electron chi connectivity index (χ0n) is 44.3. The first-order chi connectivity index (χ1) is 37.6. The van der Waals surface area contributed by atoms with Crippen molar-refractivity contribution in [1.29, 1.82) is 0 Å². The highest BCUT2D eigenvalue weighted by Crippen LogP contribution is 2.20. The Labute approximate surface area is 456 Å². The predicted octanol–water partition coefficient (Wildman–Crippen LogP) is -4.04. The van der Waals surface area contributed by atoms with Gasteiger partial charge in [-0.2, -0.15) is 0 Å². The minimum Gasteiger partial charge on any atom is -0.370 e. The number of rotatable bonds is 20. The van der Waals surface area contributed by atoms with Crippen LogP contribution in [0.2, 0.25) is 0 Å². The summed E-state index contributed by atoms with van der Waals surface area (Å²) < 4.78 is 0. The summed E-state index contributed by atoms with van der Waals surface area (Å²) in [6.07, 6.45) is 1.97. The quantitative estimate of drug-likeness (QED) is 0.0291. The highest BCUT2D eigenvalue weighted by atomic mass is 16.2. The van der Waals surface area contributed by atoms with Gasteiger partial charge in [0.05, 0.1) is 6.42 Å². The second-order valence-corrected chi connectivity index (χ2v) is 18.9. The topological polar surface area (TPSA) is 476 Å². The molecule has 3 aromatic rings. The fraction of sp³-hybridized carbons (Fsp3) is 0.471. The van der Waals surface area contributed by atoms with Gasteiger partial charge in [-0.25, -0.2) is 0 Å². The Kier molecular flexibility index (Phi) is 25.1. The van der Waals surface area contributed by atoms with Crippen LogP contribution in [0.1, 0.15) is 87.8 Å². The van der Waals surface area contributed by atoms with Crippen molar-refractivity contribution in [3.05, 3.63) is 71.4 Å². The molecular weight excluding hydrogens is 1020 g/mol. The number of amides is 10. The molecule has 28 heteroatoms. The number of H-pyrrole nitrogens is 1. The number of fused-ring (bicyclic) bond motifs is 1. The molecule has 4 rings (SSSR count). The summed E-state index contributed by atoms with van der Waals surface area (Å²) in [7, 11) is 1.58. The Balaban J connectivity index is 1.82. The van der Waals surface area contributed by atoms with E-state index in [-0.39, 0.29) is 89.3 Å². The molecule has 0 aliphatic carbocycles. The molecule has 0 spiro atoms. The van der Waals surface area contributed by atoms with E-state index >= 15 is 0 Å². The predicted molar refractivity (Wildman–Crippen MR) is 294 cm³/mol. The van der Waals surface area contributed by atoms with Gasteiger partial charge in [0.2, 0.25) is 59.1 Å². The lowest BCUT2D eigenvalue weighted by atomic mass is 10.0. The van der Waals surface area contributed by atoms with E-state index in [1.54, 1.807) is 49.8 Å². The van der Waals surface area contributed by atoms with Gasteiger partial charge in [0.1, 0.15) is 42.3 Å². The van der Waals surface area contributed by atoms with E-state index in [1.807, 2.05) is 18.2 Å². The zero-order chi connectivity index (χ0) is 58.0. The number of para-hydroxylation sites is 1. The third-order valence-electron chi connectivity index (χ3n) is 12.5. The molecule has 1 aromatic heterocycles. The van der Waals surface area contributed by atoms with E-state index in [4.69, 9.17) is 34.4 Å². The molecule has 0 bridgehead atoms. The van der Waals surface area contributed by atoms with E-state index in [0.29, 0.717) is 16.7 Å². The number of nitrogens with zero attached hydrogens (tertiary/aromatic N) is 3. The summed E-state index contributed by atoms with van der Waals surface area (Å²) in [6, 6.07) is 3.83. The van der Waals surface area contributed by atoms with E-state index < -0.39 is 121 Å². The molecule has 1 saturated heterocycles. The lowest BCUT2D eigenvalue weighted by Crippen LogP contribution is -2.60. The maximum atomic E-state index is 14.8. The van der Waals surface area contributed by atoms with Crippen LogP contribution in [0.4, 0.5) is 0 Å². The fourth-order valence-electron chi connectivity index (χ4n) is 8.50. The number of guanidine groups is 2. The Hall–Kier alpha value is -9.11. The smallest absolute Gasteiger partial charge is 0.243 e. The van der Waals surface area contributed by atoms with Crippen LogP contribution in [0.25, 0.3) is 10.9 Å². The minimum atomic E-state index is -1.72. The summed E-state index contributed by atoms with van der Waals surface area (Å²) in [4.78, 5) is 152. The number of aromatic nitrogens is 1. The molecule has 428 valence electrons. The van der Waals surface area contributed by atoms with Gasteiger partial charge in [-0.1, -0.05) is 42.5 Å². The van der Waals surface area contributed by atoms with Crippen LogP contribution in [0.5, 0.6) is 0 Å². The molecule has 1 aliphatic rings. The Bertz CT molecular complexity index is 2720. The number of benzene rings is 2. The van der Waals surface area contributed by atoms with Crippen LogP contribution in [-0.4, -0.2) is 151 Å². The molecule has 79 heavy (non-hydrogen) atoms. The summed E-state index contributed by atoms with van der Waals surface area (Å²) in [6.45, 7) is 1.25.